The molecule has 0 fully saturated rings. The van der Waals surface area contributed by atoms with E-state index in [-0.39, 0.29) is 0 Å². The van der Waals surface area contributed by atoms with E-state index in [1.165, 1.54) is 6.26 Å². The third-order valence-electron chi connectivity index (χ3n) is 2.42. The van der Waals surface area contributed by atoms with E-state index in [0.717, 1.165) is 0 Å². The van der Waals surface area contributed by atoms with Crippen molar-refractivity contribution in [1.82, 2.24) is 5.32 Å². The maximum absolute atomic E-state index is 11.4. The van der Waals surface area contributed by atoms with Crippen LogP contribution in [0, 0.1) is 16.7 Å². The fraction of sp³-hybridized carbons (Fsp3) is 0.900. The van der Waals surface area contributed by atoms with Gasteiger partial charge in [-0.3, -0.25) is 0 Å². The van der Waals surface area contributed by atoms with Gasteiger partial charge in [0.1, 0.15) is 0 Å². The first-order chi connectivity index (χ1) is 6.52. The Hall–Kier alpha value is -0.600. The lowest BCUT2D eigenvalue weighted by atomic mass is 9.96. The molecule has 0 heterocycles. The van der Waals surface area contributed by atoms with Crippen molar-refractivity contribution in [1.29, 1.82) is 5.26 Å². The highest BCUT2D eigenvalue weighted by atomic mass is 32.2. The van der Waals surface area contributed by atoms with E-state index in [9.17, 15) is 8.42 Å². The summed E-state index contributed by atoms with van der Waals surface area (Å²) in [5, 5.41) is 11.8. The molecule has 4 nitrogen and oxygen atoms in total. The Morgan fingerprint density at radius 2 is 1.67 bits per heavy atom. The van der Waals surface area contributed by atoms with Gasteiger partial charge < -0.3 is 5.32 Å². The summed E-state index contributed by atoms with van der Waals surface area (Å²) >= 11 is 0. The van der Waals surface area contributed by atoms with Crippen LogP contribution in [-0.2, 0) is 9.84 Å². The number of nitrogens with one attached hydrogen (secondary N) is 1. The van der Waals surface area contributed by atoms with Gasteiger partial charge in [-0.1, -0.05) is 0 Å². The minimum Gasteiger partial charge on any atom is -0.314 e. The first-order valence-corrected chi connectivity index (χ1v) is 6.72. The molecule has 1 N–H and O–H groups in total. The Morgan fingerprint density at radius 1 is 1.20 bits per heavy atom. The Bertz CT molecular complexity index is 350. The van der Waals surface area contributed by atoms with Crippen molar-refractivity contribution in [2.75, 3.05) is 19.3 Å². The van der Waals surface area contributed by atoms with Gasteiger partial charge in [-0.25, -0.2) is 8.42 Å². The monoisotopic (exact) mass is 232 g/mol. The Kier molecular flexibility index (Phi) is 4.32. The third-order valence-corrected chi connectivity index (χ3v) is 4.58. The quantitative estimate of drug-likeness (QED) is 0.766. The molecule has 0 aromatic heterocycles. The molecular weight excluding hydrogens is 212 g/mol. The summed E-state index contributed by atoms with van der Waals surface area (Å²) in [5.74, 6) is 0. The van der Waals surface area contributed by atoms with Gasteiger partial charge in [0.15, 0.2) is 9.84 Å². The number of rotatable bonds is 5. The van der Waals surface area contributed by atoms with Crippen LogP contribution in [-0.4, -0.2) is 32.5 Å². The molecular formula is C10H20N2O2S. The zero-order valence-electron chi connectivity index (χ0n) is 10.1. The van der Waals surface area contributed by atoms with Crippen LogP contribution in [0.15, 0.2) is 0 Å². The molecule has 0 aliphatic heterocycles. The molecule has 0 bridgehead atoms. The zero-order chi connectivity index (χ0) is 12.3. The fourth-order valence-electron chi connectivity index (χ4n) is 0.847. The van der Waals surface area contributed by atoms with Crippen LogP contribution in [0.3, 0.4) is 0 Å². The molecule has 0 saturated heterocycles. The lowest BCUT2D eigenvalue weighted by molar-refractivity contribution is 0.425. The van der Waals surface area contributed by atoms with Crippen LogP contribution in [0.5, 0.6) is 0 Å². The second-order valence-corrected chi connectivity index (χ2v) is 7.78. The molecule has 0 saturated carbocycles. The summed E-state index contributed by atoms with van der Waals surface area (Å²) in [6, 6.07) is 2.15. The third kappa shape index (κ3) is 4.63. The normalized spacial score (nSPS) is 13.6. The van der Waals surface area contributed by atoms with Crippen molar-refractivity contribution in [2.45, 2.75) is 32.4 Å². The Morgan fingerprint density at radius 3 is 2.00 bits per heavy atom. The lowest BCUT2D eigenvalue weighted by Gasteiger charge is -2.25. The molecule has 0 amide bonds. The van der Waals surface area contributed by atoms with Crippen LogP contribution in [0.1, 0.15) is 27.7 Å². The summed E-state index contributed by atoms with van der Waals surface area (Å²) in [4.78, 5) is 0. The van der Waals surface area contributed by atoms with Crippen molar-refractivity contribution in [3.05, 3.63) is 0 Å². The average Bonchev–Trinajstić information content (AvgIpc) is 2.01. The second-order valence-electron chi connectivity index (χ2n) is 5.13. The number of hydrogen-bond donors (Lipinski definition) is 1. The molecule has 0 aromatic carbocycles. The summed E-state index contributed by atoms with van der Waals surface area (Å²) in [7, 11) is -3.07. The van der Waals surface area contributed by atoms with Gasteiger partial charge in [-0.15, -0.1) is 0 Å². The molecule has 15 heavy (non-hydrogen) atoms. The van der Waals surface area contributed by atoms with Gasteiger partial charge in [0.2, 0.25) is 0 Å². The van der Waals surface area contributed by atoms with Gasteiger partial charge in [0.25, 0.3) is 0 Å². The highest BCUT2D eigenvalue weighted by Crippen LogP contribution is 2.15. The number of nitrogens with zero attached hydrogens (tertiary/aromatic N) is 1. The van der Waals surface area contributed by atoms with E-state index < -0.39 is 20.0 Å². The number of hydrogen-bond acceptors (Lipinski definition) is 4. The van der Waals surface area contributed by atoms with E-state index >= 15 is 0 Å². The highest BCUT2D eigenvalue weighted by Gasteiger charge is 2.30. The second kappa shape index (κ2) is 4.50. The minimum atomic E-state index is -3.07. The van der Waals surface area contributed by atoms with Crippen molar-refractivity contribution < 1.29 is 8.42 Å². The number of sulfone groups is 1. The molecule has 5 heteroatoms. The van der Waals surface area contributed by atoms with Gasteiger partial charge in [-0.2, -0.15) is 5.26 Å². The maximum atomic E-state index is 11.4. The Labute approximate surface area is 92.6 Å². The first kappa shape index (κ1) is 14.4. The molecule has 0 radical (unpaired) electrons. The summed E-state index contributed by atoms with van der Waals surface area (Å²) < 4.78 is 22.0. The van der Waals surface area contributed by atoms with E-state index in [4.69, 9.17) is 5.26 Å². The molecule has 0 aromatic rings. The van der Waals surface area contributed by atoms with E-state index in [0.29, 0.717) is 13.1 Å². The van der Waals surface area contributed by atoms with Crippen molar-refractivity contribution >= 4 is 9.84 Å². The van der Waals surface area contributed by atoms with Crippen molar-refractivity contribution in [3.8, 4) is 6.07 Å². The summed E-state index contributed by atoms with van der Waals surface area (Å²) in [6.45, 7) is 7.82. The largest absolute Gasteiger partial charge is 0.314 e. The molecule has 0 aliphatic rings. The van der Waals surface area contributed by atoms with Gasteiger partial charge in [0, 0.05) is 19.3 Å². The van der Waals surface area contributed by atoms with E-state index in [1.54, 1.807) is 13.8 Å². The fourth-order valence-corrected chi connectivity index (χ4v) is 1.21. The smallest absolute Gasteiger partial charge is 0.153 e. The summed E-state index contributed by atoms with van der Waals surface area (Å²) in [5.41, 5.74) is -0.465. The van der Waals surface area contributed by atoms with Crippen LogP contribution in [0.2, 0.25) is 0 Å². The predicted octanol–water partition coefficient (Wildman–Crippen LogP) is 0.949. The van der Waals surface area contributed by atoms with E-state index in [2.05, 4.69) is 11.4 Å². The van der Waals surface area contributed by atoms with Gasteiger partial charge in [-0.05, 0) is 27.7 Å². The maximum Gasteiger partial charge on any atom is 0.153 e. The molecule has 0 aliphatic carbocycles. The Balaban J connectivity index is 4.27. The SMILES string of the molecule is CC(C)(C#N)CNCC(C)(C)S(C)(=O)=O. The number of nitriles is 1. The zero-order valence-corrected chi connectivity index (χ0v) is 10.9. The minimum absolute atomic E-state index is 0.358. The van der Waals surface area contributed by atoms with E-state index in [1.807, 2.05) is 13.8 Å². The first-order valence-electron chi connectivity index (χ1n) is 4.83. The average molecular weight is 232 g/mol. The van der Waals surface area contributed by atoms with Crippen LogP contribution in [0.4, 0.5) is 0 Å². The van der Waals surface area contributed by atoms with Gasteiger partial charge in [0.05, 0.1) is 16.2 Å². The predicted molar refractivity (Wildman–Crippen MR) is 61.2 cm³/mol. The van der Waals surface area contributed by atoms with Crippen molar-refractivity contribution in [2.24, 2.45) is 5.41 Å². The standard InChI is InChI=1S/C10H20N2O2S/c1-9(2,6-11)7-12-8-10(3,4)15(5,13)14/h12H,7-8H2,1-5H3. The van der Waals surface area contributed by atoms with Gasteiger partial charge >= 0.3 is 0 Å². The lowest BCUT2D eigenvalue weighted by Crippen LogP contribution is -2.44. The topological polar surface area (TPSA) is 70.0 Å². The highest BCUT2D eigenvalue weighted by molar-refractivity contribution is 7.92. The van der Waals surface area contributed by atoms with Crippen LogP contribution >= 0.6 is 0 Å². The van der Waals surface area contributed by atoms with Crippen LogP contribution < -0.4 is 5.32 Å². The molecule has 88 valence electrons. The van der Waals surface area contributed by atoms with Crippen LogP contribution in [0.25, 0.3) is 0 Å². The molecule has 0 rings (SSSR count). The summed E-state index contributed by atoms with van der Waals surface area (Å²) in [6.07, 6.45) is 1.23. The molecule has 0 unspecified atom stereocenters. The molecule has 0 spiro atoms. The molecule has 0 atom stereocenters. The van der Waals surface area contributed by atoms with Crippen molar-refractivity contribution in [3.63, 3.8) is 0 Å².